The lowest BCUT2D eigenvalue weighted by Gasteiger charge is -2.20. The number of carbonyl (C=O) groups excluding carboxylic acids is 1. The van der Waals surface area contributed by atoms with E-state index in [1.165, 1.54) is 10.9 Å². The quantitative estimate of drug-likeness (QED) is 0.377. The highest BCUT2D eigenvalue weighted by atomic mass is 16.5. The number of amides is 1. The molecule has 0 aliphatic heterocycles. The number of nitrogens with zero attached hydrogens (tertiary/aromatic N) is 3. The minimum atomic E-state index is -0.0278. The van der Waals surface area contributed by atoms with Crippen LogP contribution in [0.15, 0.2) is 59.3 Å². The predicted molar refractivity (Wildman–Crippen MR) is 131 cm³/mol. The van der Waals surface area contributed by atoms with Crippen LogP contribution in [0.1, 0.15) is 48.5 Å². The molecule has 0 spiro atoms. The summed E-state index contributed by atoms with van der Waals surface area (Å²) in [5, 5.41) is 8.25. The van der Waals surface area contributed by atoms with Crippen LogP contribution in [0, 0.1) is 0 Å². The molecule has 2 aromatic carbocycles. The van der Waals surface area contributed by atoms with Crippen molar-refractivity contribution < 1.29 is 9.32 Å². The maximum atomic E-state index is 12.6. The molecule has 0 fully saturated rings. The van der Waals surface area contributed by atoms with Crippen LogP contribution in [0.5, 0.6) is 0 Å². The second kappa shape index (κ2) is 10.3. The van der Waals surface area contributed by atoms with E-state index in [1.54, 1.807) is 0 Å². The number of hydrogen-bond acceptors (Lipinski definition) is 5. The smallest absolute Gasteiger partial charge is 0.227 e. The summed E-state index contributed by atoms with van der Waals surface area (Å²) in [4.78, 5) is 22.4. The summed E-state index contributed by atoms with van der Waals surface area (Å²) >= 11 is 0. The average Bonchev–Trinajstić information content (AvgIpc) is 3.46. The molecule has 33 heavy (non-hydrogen) atoms. The summed E-state index contributed by atoms with van der Waals surface area (Å²) in [7, 11) is 4.06. The van der Waals surface area contributed by atoms with E-state index in [-0.39, 0.29) is 11.8 Å². The molecule has 0 bridgehead atoms. The van der Waals surface area contributed by atoms with Crippen LogP contribution in [-0.4, -0.2) is 41.7 Å². The van der Waals surface area contributed by atoms with E-state index in [2.05, 4.69) is 74.9 Å². The summed E-state index contributed by atoms with van der Waals surface area (Å²) in [6.45, 7) is 2.58. The Morgan fingerprint density at radius 2 is 1.91 bits per heavy atom. The van der Waals surface area contributed by atoms with Crippen LogP contribution in [0.3, 0.4) is 0 Å². The Labute approximate surface area is 194 Å². The third-order valence-corrected chi connectivity index (χ3v) is 5.86. The second-order valence-electron chi connectivity index (χ2n) is 8.49. The van der Waals surface area contributed by atoms with E-state index < -0.39 is 0 Å². The Hall–Kier alpha value is -3.61. The number of carbonyl (C=O) groups is 1. The molecule has 4 aromatic rings. The minimum Gasteiger partial charge on any atom is -0.378 e. The van der Waals surface area contributed by atoms with Crippen molar-refractivity contribution in [1.82, 2.24) is 20.4 Å². The Balaban J connectivity index is 1.48. The van der Waals surface area contributed by atoms with E-state index >= 15 is 0 Å². The zero-order valence-electron chi connectivity index (χ0n) is 19.5. The fourth-order valence-electron chi connectivity index (χ4n) is 4.04. The first-order valence-electron chi connectivity index (χ1n) is 11.5. The first-order valence-corrected chi connectivity index (χ1v) is 11.5. The molecule has 0 saturated heterocycles. The van der Waals surface area contributed by atoms with Gasteiger partial charge in [-0.2, -0.15) is 4.98 Å². The van der Waals surface area contributed by atoms with Crippen LogP contribution in [0.4, 0.5) is 5.69 Å². The summed E-state index contributed by atoms with van der Waals surface area (Å²) in [6, 6.07) is 16.8. The van der Waals surface area contributed by atoms with Crippen molar-refractivity contribution in [3.63, 3.8) is 0 Å². The van der Waals surface area contributed by atoms with Gasteiger partial charge in [-0.15, -0.1) is 0 Å². The molecule has 0 aliphatic rings. The molecule has 0 aliphatic carbocycles. The third-order valence-electron chi connectivity index (χ3n) is 5.86. The molecule has 0 radical (unpaired) electrons. The van der Waals surface area contributed by atoms with Crippen molar-refractivity contribution >= 4 is 22.5 Å². The van der Waals surface area contributed by atoms with Gasteiger partial charge in [0.1, 0.15) is 0 Å². The molecule has 172 valence electrons. The number of anilines is 1. The van der Waals surface area contributed by atoms with Crippen molar-refractivity contribution in [1.29, 1.82) is 0 Å². The molecule has 1 unspecified atom stereocenters. The lowest BCUT2D eigenvalue weighted by Crippen LogP contribution is -2.29. The molecule has 0 saturated carbocycles. The molecule has 2 aromatic heterocycles. The molecule has 1 atom stereocenters. The standard InChI is InChI=1S/C26H31N5O2/c1-4-7-24-29-26(33-30-24)15-14-25(32)28-16-21(18-10-12-19(13-11-18)31(2)3)22-17-27-23-9-6-5-8-20(22)23/h5-6,8-13,17,21,27H,4,7,14-16H2,1-3H3,(H,28,32). The highest BCUT2D eigenvalue weighted by molar-refractivity contribution is 5.84. The molecular formula is C26H31N5O2. The van der Waals surface area contributed by atoms with Crippen LogP contribution in [0.25, 0.3) is 10.9 Å². The van der Waals surface area contributed by atoms with Gasteiger partial charge in [0, 0.05) is 68.6 Å². The Morgan fingerprint density at radius 1 is 1.12 bits per heavy atom. The number of aromatic nitrogens is 3. The monoisotopic (exact) mass is 445 g/mol. The first kappa shape index (κ1) is 22.6. The maximum Gasteiger partial charge on any atom is 0.227 e. The SMILES string of the molecule is CCCc1noc(CCC(=O)NCC(c2ccc(N(C)C)cc2)c2c[nH]c3ccccc23)n1. The van der Waals surface area contributed by atoms with Crippen LogP contribution in [-0.2, 0) is 17.6 Å². The molecule has 2 N–H and O–H groups in total. The van der Waals surface area contributed by atoms with Gasteiger partial charge in [-0.1, -0.05) is 42.4 Å². The summed E-state index contributed by atoms with van der Waals surface area (Å²) in [5.41, 5.74) is 4.56. The minimum absolute atomic E-state index is 0.0278. The average molecular weight is 446 g/mol. The van der Waals surface area contributed by atoms with Crippen molar-refractivity contribution in [3.05, 3.63) is 77.6 Å². The molecule has 7 nitrogen and oxygen atoms in total. The number of rotatable bonds is 10. The lowest BCUT2D eigenvalue weighted by molar-refractivity contribution is -0.121. The second-order valence-corrected chi connectivity index (χ2v) is 8.49. The normalized spacial score (nSPS) is 12.1. The van der Waals surface area contributed by atoms with E-state index in [0.717, 1.165) is 29.6 Å². The predicted octanol–water partition coefficient (Wildman–Crippen LogP) is 4.45. The van der Waals surface area contributed by atoms with Crippen LogP contribution < -0.4 is 10.2 Å². The number of aromatic amines is 1. The van der Waals surface area contributed by atoms with Gasteiger partial charge in [0.2, 0.25) is 11.8 Å². The number of H-pyrrole nitrogens is 1. The molecule has 1 amide bonds. The van der Waals surface area contributed by atoms with Gasteiger partial charge in [-0.3, -0.25) is 4.79 Å². The number of para-hydroxylation sites is 1. The Bertz CT molecular complexity index is 1190. The third kappa shape index (κ3) is 5.42. The molecule has 2 heterocycles. The highest BCUT2D eigenvalue weighted by Gasteiger charge is 2.19. The van der Waals surface area contributed by atoms with Crippen molar-refractivity contribution in [2.45, 2.75) is 38.5 Å². The van der Waals surface area contributed by atoms with E-state index in [0.29, 0.717) is 31.1 Å². The van der Waals surface area contributed by atoms with Crippen LogP contribution >= 0.6 is 0 Å². The highest BCUT2D eigenvalue weighted by Crippen LogP contribution is 2.31. The zero-order chi connectivity index (χ0) is 23.2. The molecular weight excluding hydrogens is 414 g/mol. The van der Waals surface area contributed by atoms with E-state index in [4.69, 9.17) is 4.52 Å². The number of nitrogens with one attached hydrogen (secondary N) is 2. The van der Waals surface area contributed by atoms with Gasteiger partial charge >= 0.3 is 0 Å². The summed E-state index contributed by atoms with van der Waals surface area (Å²) in [5.74, 6) is 1.22. The van der Waals surface area contributed by atoms with E-state index in [9.17, 15) is 4.79 Å². The maximum absolute atomic E-state index is 12.6. The fourth-order valence-corrected chi connectivity index (χ4v) is 4.04. The fraction of sp³-hybridized carbons (Fsp3) is 0.346. The number of aryl methyl sites for hydroxylation is 2. The summed E-state index contributed by atoms with van der Waals surface area (Å²) < 4.78 is 5.25. The topological polar surface area (TPSA) is 87.0 Å². The van der Waals surface area contributed by atoms with Gasteiger partial charge in [-0.05, 0) is 35.7 Å². The van der Waals surface area contributed by atoms with Gasteiger partial charge in [0.15, 0.2) is 5.82 Å². The number of benzene rings is 2. The van der Waals surface area contributed by atoms with Crippen LogP contribution in [0.2, 0.25) is 0 Å². The Kier molecular flexibility index (Phi) is 7.07. The van der Waals surface area contributed by atoms with Gasteiger partial charge in [0.25, 0.3) is 0 Å². The lowest BCUT2D eigenvalue weighted by atomic mass is 9.90. The Morgan fingerprint density at radius 3 is 2.67 bits per heavy atom. The van der Waals surface area contributed by atoms with Gasteiger partial charge in [0.05, 0.1) is 0 Å². The number of fused-ring (bicyclic) bond motifs is 1. The van der Waals surface area contributed by atoms with Crippen molar-refractivity contribution in [2.24, 2.45) is 0 Å². The molecule has 7 heteroatoms. The van der Waals surface area contributed by atoms with Crippen molar-refractivity contribution in [3.8, 4) is 0 Å². The van der Waals surface area contributed by atoms with E-state index in [1.807, 2.05) is 26.2 Å². The van der Waals surface area contributed by atoms with Gasteiger partial charge < -0.3 is 19.7 Å². The summed E-state index contributed by atoms with van der Waals surface area (Å²) in [6.07, 6.45) is 4.56. The van der Waals surface area contributed by atoms with Gasteiger partial charge in [-0.25, -0.2) is 0 Å². The number of hydrogen-bond donors (Lipinski definition) is 2. The zero-order valence-corrected chi connectivity index (χ0v) is 19.5. The molecule has 4 rings (SSSR count). The largest absolute Gasteiger partial charge is 0.378 e. The first-order chi connectivity index (χ1) is 16.0. The van der Waals surface area contributed by atoms with Crippen molar-refractivity contribution in [2.75, 3.05) is 25.5 Å².